The van der Waals surface area contributed by atoms with E-state index in [-0.39, 0.29) is 34.8 Å². The highest BCUT2D eigenvalue weighted by atomic mass is 32.2. The summed E-state index contributed by atoms with van der Waals surface area (Å²) in [6.45, 7) is 1.41. The Balaban J connectivity index is 1.62. The summed E-state index contributed by atoms with van der Waals surface area (Å²) in [6.07, 6.45) is 1.50. The lowest BCUT2D eigenvalue weighted by molar-refractivity contribution is -0.385. The molecule has 30 heavy (non-hydrogen) atoms. The van der Waals surface area contributed by atoms with Crippen LogP contribution in [-0.2, 0) is 4.79 Å². The van der Waals surface area contributed by atoms with Crippen molar-refractivity contribution in [3.8, 4) is 0 Å². The van der Waals surface area contributed by atoms with Crippen LogP contribution in [0.15, 0.2) is 47.4 Å². The number of hydrogen-bond acceptors (Lipinski definition) is 6. The minimum Gasteiger partial charge on any atom is -0.350 e. The first-order valence-corrected chi connectivity index (χ1v) is 9.62. The summed E-state index contributed by atoms with van der Waals surface area (Å²) in [6, 6.07) is 9.67. The Hall–Kier alpha value is -3.53. The molecule has 1 aliphatic heterocycles. The van der Waals surface area contributed by atoms with E-state index in [1.165, 1.54) is 55.5 Å². The number of rotatable bonds is 6. The van der Waals surface area contributed by atoms with Gasteiger partial charge in [0.15, 0.2) is 0 Å². The van der Waals surface area contributed by atoms with Crippen molar-refractivity contribution in [3.05, 3.63) is 80.0 Å². The lowest BCUT2D eigenvalue weighted by Gasteiger charge is -2.13. The predicted octanol–water partition coefficient (Wildman–Crippen LogP) is 3.51. The second kappa shape index (κ2) is 8.87. The van der Waals surface area contributed by atoms with Crippen LogP contribution in [0.2, 0.25) is 0 Å². The SMILES string of the molecule is Cc1c(C(=O)NCCN2C(=O)S/C(=C\c3ccc(F)cc3)C2=O)cccc1[N+](=O)[O-]. The van der Waals surface area contributed by atoms with Crippen LogP contribution in [-0.4, -0.2) is 40.0 Å². The highest BCUT2D eigenvalue weighted by Gasteiger charge is 2.34. The number of carbonyl (C=O) groups excluding carboxylic acids is 3. The van der Waals surface area contributed by atoms with Crippen LogP contribution in [0.5, 0.6) is 0 Å². The smallest absolute Gasteiger partial charge is 0.293 e. The third-order valence-electron chi connectivity index (χ3n) is 4.41. The minimum absolute atomic E-state index is 0.0111. The lowest BCUT2D eigenvalue weighted by Crippen LogP contribution is -2.37. The number of carbonyl (C=O) groups is 3. The van der Waals surface area contributed by atoms with Crippen LogP contribution >= 0.6 is 11.8 Å². The second-order valence-electron chi connectivity index (χ2n) is 6.35. The van der Waals surface area contributed by atoms with E-state index in [0.717, 1.165) is 16.7 Å². The van der Waals surface area contributed by atoms with Crippen LogP contribution < -0.4 is 5.32 Å². The standard InChI is InChI=1S/C20H16FN3O5S/c1-12-15(3-2-4-16(12)24(28)29)18(25)22-9-10-23-19(26)17(30-20(23)27)11-13-5-7-14(21)8-6-13/h2-8,11H,9-10H2,1H3,(H,22,25)/b17-11-. The molecule has 154 valence electrons. The molecule has 1 fully saturated rings. The van der Waals surface area contributed by atoms with Crippen LogP contribution in [0.1, 0.15) is 21.5 Å². The maximum absolute atomic E-state index is 13.0. The van der Waals surface area contributed by atoms with E-state index in [1.807, 2.05) is 0 Å². The number of benzene rings is 2. The number of nitrogens with zero attached hydrogens (tertiary/aromatic N) is 2. The molecule has 8 nitrogen and oxygen atoms in total. The Morgan fingerprint density at radius 2 is 1.93 bits per heavy atom. The number of thioether (sulfide) groups is 1. The summed E-state index contributed by atoms with van der Waals surface area (Å²) >= 11 is 0.761. The van der Waals surface area contributed by atoms with E-state index in [0.29, 0.717) is 5.56 Å². The summed E-state index contributed by atoms with van der Waals surface area (Å²) in [5.74, 6) is -1.45. The molecule has 0 radical (unpaired) electrons. The zero-order chi connectivity index (χ0) is 21.8. The number of nitrogens with one attached hydrogen (secondary N) is 1. The van der Waals surface area contributed by atoms with E-state index >= 15 is 0 Å². The third-order valence-corrected chi connectivity index (χ3v) is 5.32. The van der Waals surface area contributed by atoms with Crippen molar-refractivity contribution in [2.75, 3.05) is 13.1 Å². The molecule has 0 aliphatic carbocycles. The molecular formula is C20H16FN3O5S. The van der Waals surface area contributed by atoms with Gasteiger partial charge < -0.3 is 5.32 Å². The van der Waals surface area contributed by atoms with Gasteiger partial charge in [0.25, 0.3) is 22.7 Å². The molecule has 2 aromatic rings. The molecule has 0 spiro atoms. The van der Waals surface area contributed by atoms with E-state index in [1.54, 1.807) is 0 Å². The highest BCUT2D eigenvalue weighted by Crippen LogP contribution is 2.32. The van der Waals surface area contributed by atoms with E-state index < -0.39 is 27.8 Å². The Morgan fingerprint density at radius 3 is 2.60 bits per heavy atom. The predicted molar refractivity (Wildman–Crippen MR) is 109 cm³/mol. The number of imide groups is 1. The molecule has 0 bridgehead atoms. The Bertz CT molecular complexity index is 1070. The number of nitro groups is 1. The zero-order valence-corrected chi connectivity index (χ0v) is 16.6. The molecule has 0 atom stereocenters. The number of amides is 3. The average Bonchev–Trinajstić information content (AvgIpc) is 2.96. The first-order valence-electron chi connectivity index (χ1n) is 8.81. The molecule has 1 heterocycles. The monoisotopic (exact) mass is 429 g/mol. The summed E-state index contributed by atoms with van der Waals surface area (Å²) in [4.78, 5) is 48.6. The first-order chi connectivity index (χ1) is 14.3. The zero-order valence-electron chi connectivity index (χ0n) is 15.8. The molecule has 1 N–H and O–H groups in total. The van der Waals surface area contributed by atoms with Crippen LogP contribution in [0.4, 0.5) is 14.9 Å². The van der Waals surface area contributed by atoms with Crippen molar-refractivity contribution in [3.63, 3.8) is 0 Å². The first kappa shape index (κ1) is 21.2. The topological polar surface area (TPSA) is 110 Å². The maximum atomic E-state index is 13.0. The van der Waals surface area contributed by atoms with E-state index in [4.69, 9.17) is 0 Å². The van der Waals surface area contributed by atoms with Gasteiger partial charge in [-0.1, -0.05) is 18.2 Å². The van der Waals surface area contributed by atoms with Crippen molar-refractivity contribution in [1.29, 1.82) is 0 Å². The van der Waals surface area contributed by atoms with Gasteiger partial charge in [-0.15, -0.1) is 0 Å². The molecular weight excluding hydrogens is 413 g/mol. The highest BCUT2D eigenvalue weighted by molar-refractivity contribution is 8.18. The van der Waals surface area contributed by atoms with E-state index in [9.17, 15) is 28.9 Å². The quantitative estimate of drug-likeness (QED) is 0.428. The molecule has 0 aromatic heterocycles. The van der Waals surface area contributed by atoms with E-state index in [2.05, 4.69) is 5.32 Å². The van der Waals surface area contributed by atoms with Crippen LogP contribution in [0, 0.1) is 22.9 Å². The molecule has 0 unspecified atom stereocenters. The van der Waals surface area contributed by atoms with Gasteiger partial charge in [0.05, 0.1) is 9.83 Å². The van der Waals surface area contributed by atoms with Gasteiger partial charge in [0.1, 0.15) is 5.82 Å². The Kier molecular flexibility index (Phi) is 6.26. The van der Waals surface area contributed by atoms with Crippen molar-refractivity contribution in [2.45, 2.75) is 6.92 Å². The van der Waals surface area contributed by atoms with Crippen molar-refractivity contribution >= 4 is 40.6 Å². The van der Waals surface area contributed by atoms with Gasteiger partial charge in [0.2, 0.25) is 0 Å². The molecule has 0 saturated carbocycles. The molecule has 2 aromatic carbocycles. The number of halogens is 1. The number of nitro benzene ring substituents is 1. The summed E-state index contributed by atoms with van der Waals surface area (Å²) in [5, 5.41) is 13.1. The Morgan fingerprint density at radius 1 is 1.23 bits per heavy atom. The van der Waals surface area contributed by atoms with Gasteiger partial charge in [0, 0.05) is 30.3 Å². The molecule has 10 heteroatoms. The molecule has 1 saturated heterocycles. The van der Waals surface area contributed by atoms with Gasteiger partial charge in [-0.3, -0.25) is 29.4 Å². The maximum Gasteiger partial charge on any atom is 0.293 e. The Labute approximate surface area is 174 Å². The molecule has 3 amide bonds. The summed E-state index contributed by atoms with van der Waals surface area (Å²) < 4.78 is 13.0. The summed E-state index contributed by atoms with van der Waals surface area (Å²) in [5.41, 5.74) is 0.791. The van der Waals surface area contributed by atoms with Gasteiger partial charge >= 0.3 is 0 Å². The second-order valence-corrected chi connectivity index (χ2v) is 7.34. The van der Waals surface area contributed by atoms with Crippen LogP contribution in [0.25, 0.3) is 6.08 Å². The van der Waals surface area contributed by atoms with Crippen molar-refractivity contribution in [1.82, 2.24) is 10.2 Å². The summed E-state index contributed by atoms with van der Waals surface area (Å²) in [7, 11) is 0. The fourth-order valence-corrected chi connectivity index (χ4v) is 3.71. The number of hydrogen-bond donors (Lipinski definition) is 1. The fraction of sp³-hybridized carbons (Fsp3) is 0.150. The molecule has 1 aliphatic rings. The lowest BCUT2D eigenvalue weighted by atomic mass is 10.1. The largest absolute Gasteiger partial charge is 0.350 e. The van der Waals surface area contributed by atoms with Crippen LogP contribution in [0.3, 0.4) is 0 Å². The molecule has 3 rings (SSSR count). The fourth-order valence-electron chi connectivity index (χ4n) is 2.85. The normalized spacial score (nSPS) is 15.0. The average molecular weight is 429 g/mol. The third kappa shape index (κ3) is 4.54. The van der Waals surface area contributed by atoms with Gasteiger partial charge in [-0.25, -0.2) is 4.39 Å². The van der Waals surface area contributed by atoms with Gasteiger partial charge in [-0.2, -0.15) is 0 Å². The van der Waals surface area contributed by atoms with Crippen molar-refractivity contribution < 1.29 is 23.7 Å². The van der Waals surface area contributed by atoms with Gasteiger partial charge in [-0.05, 0) is 48.5 Å². The minimum atomic E-state index is -0.570. The van der Waals surface area contributed by atoms with Crippen molar-refractivity contribution in [2.24, 2.45) is 0 Å².